The van der Waals surface area contributed by atoms with Crippen LogP contribution in [-0.2, 0) is 4.74 Å². The van der Waals surface area contributed by atoms with Gasteiger partial charge < -0.3 is 14.5 Å². The van der Waals surface area contributed by atoms with Gasteiger partial charge >= 0.3 is 18.4 Å². The van der Waals surface area contributed by atoms with Crippen LogP contribution in [0.25, 0.3) is 0 Å². The summed E-state index contributed by atoms with van der Waals surface area (Å²) in [6, 6.07) is 0. The summed E-state index contributed by atoms with van der Waals surface area (Å²) in [7, 11) is 6.94. The van der Waals surface area contributed by atoms with E-state index in [4.69, 9.17) is 0 Å². The Hall–Kier alpha value is -0.930. The Balaban J connectivity index is 3.12. The first-order valence-electron chi connectivity index (χ1n) is 8.21. The van der Waals surface area contributed by atoms with Crippen molar-refractivity contribution in [1.82, 2.24) is 9.80 Å². The largest absolute Gasteiger partial charge is 0.434 e. The van der Waals surface area contributed by atoms with Crippen LogP contribution >= 0.6 is 0 Å². The van der Waals surface area contributed by atoms with Gasteiger partial charge in [-0.25, -0.2) is 4.79 Å². The third-order valence-electron chi connectivity index (χ3n) is 4.78. The number of carbonyl (C=O) groups excluding carboxylic acids is 1. The Morgan fingerprint density at radius 3 is 1.85 bits per heavy atom. The Labute approximate surface area is 152 Å². The van der Waals surface area contributed by atoms with E-state index in [1.807, 2.05) is 20.8 Å². The molecule has 0 aliphatic carbocycles. The SMILES string of the molecule is BC1CN(C(=O)OC(C(F)(F)F)C(F)(F)F)C(B)C(B)(B)N1C(C)(C)C. The molecule has 0 aromatic carbocycles. The molecule has 4 nitrogen and oxygen atoms in total. The molecule has 1 aliphatic rings. The van der Waals surface area contributed by atoms with Gasteiger partial charge in [0.05, 0.1) is 0 Å². The predicted molar refractivity (Wildman–Crippen MR) is 95.2 cm³/mol. The van der Waals surface area contributed by atoms with Crippen LogP contribution in [-0.4, -0.2) is 95.0 Å². The fraction of sp³-hybridized carbons (Fsp3) is 0.917. The van der Waals surface area contributed by atoms with Gasteiger partial charge in [0.25, 0.3) is 6.10 Å². The second kappa shape index (κ2) is 6.91. The second-order valence-corrected chi connectivity index (χ2v) is 8.22. The van der Waals surface area contributed by atoms with Gasteiger partial charge in [-0.1, -0.05) is 0 Å². The molecule has 0 spiro atoms. The number of rotatable bonds is 1. The monoisotopic (exact) mass is 384 g/mol. The zero-order chi connectivity index (χ0) is 20.9. The minimum Gasteiger partial charge on any atom is -0.426 e. The number of hydrogen-bond donors (Lipinski definition) is 0. The van der Waals surface area contributed by atoms with Crippen molar-refractivity contribution in [3.63, 3.8) is 0 Å². The Kier molecular flexibility index (Phi) is 6.14. The van der Waals surface area contributed by atoms with Gasteiger partial charge in [0.1, 0.15) is 31.4 Å². The molecule has 1 amide bonds. The molecule has 1 aliphatic heterocycles. The smallest absolute Gasteiger partial charge is 0.426 e. The zero-order valence-corrected chi connectivity index (χ0v) is 15.9. The van der Waals surface area contributed by atoms with Gasteiger partial charge in [-0.05, 0) is 32.1 Å². The molecule has 146 valence electrons. The molecule has 2 unspecified atom stereocenters. The van der Waals surface area contributed by atoms with Crippen molar-refractivity contribution in [3.8, 4) is 0 Å². The molecule has 0 saturated carbocycles. The summed E-state index contributed by atoms with van der Waals surface area (Å²) < 4.78 is 79.9. The lowest BCUT2D eigenvalue weighted by molar-refractivity contribution is -0.308. The van der Waals surface area contributed by atoms with Crippen molar-refractivity contribution >= 4 is 37.5 Å². The molecule has 1 fully saturated rings. The second-order valence-electron chi connectivity index (χ2n) is 8.22. The number of hydrogen-bond acceptors (Lipinski definition) is 3. The molecular weight excluding hydrogens is 361 g/mol. The highest BCUT2D eigenvalue weighted by Gasteiger charge is 2.61. The first kappa shape index (κ1) is 23.1. The van der Waals surface area contributed by atoms with Crippen molar-refractivity contribution in [1.29, 1.82) is 0 Å². The van der Waals surface area contributed by atoms with Crippen LogP contribution in [0.1, 0.15) is 20.8 Å². The lowest BCUT2D eigenvalue weighted by Gasteiger charge is -2.60. The van der Waals surface area contributed by atoms with Crippen molar-refractivity contribution in [3.05, 3.63) is 0 Å². The van der Waals surface area contributed by atoms with Crippen LogP contribution in [0.2, 0.25) is 0 Å². The topological polar surface area (TPSA) is 32.8 Å². The van der Waals surface area contributed by atoms with E-state index in [-0.39, 0.29) is 18.0 Å². The van der Waals surface area contributed by atoms with E-state index >= 15 is 0 Å². The molecule has 0 aromatic heterocycles. The van der Waals surface area contributed by atoms with E-state index in [0.717, 1.165) is 4.90 Å². The predicted octanol–water partition coefficient (Wildman–Crippen LogP) is -1.13. The van der Waals surface area contributed by atoms with Crippen LogP contribution in [0.5, 0.6) is 0 Å². The minimum atomic E-state index is -5.73. The average Bonchev–Trinajstić information content (AvgIpc) is 2.35. The number of nitrogens with zero attached hydrogens (tertiary/aromatic N) is 2. The fourth-order valence-electron chi connectivity index (χ4n) is 3.92. The summed E-state index contributed by atoms with van der Waals surface area (Å²) in [5.41, 5.74) is -0.312. The molecule has 0 N–H and O–H groups in total. The maximum absolute atomic E-state index is 12.7. The summed E-state index contributed by atoms with van der Waals surface area (Å²) >= 11 is 0. The third kappa shape index (κ3) is 4.67. The third-order valence-corrected chi connectivity index (χ3v) is 4.78. The Bertz CT molecular complexity index is 523. The zero-order valence-electron chi connectivity index (χ0n) is 15.9. The molecule has 26 heavy (non-hydrogen) atoms. The molecule has 1 rings (SSSR count). The van der Waals surface area contributed by atoms with Crippen LogP contribution < -0.4 is 0 Å². The number of carbonyl (C=O) groups is 1. The van der Waals surface area contributed by atoms with Crippen LogP contribution in [0.15, 0.2) is 0 Å². The van der Waals surface area contributed by atoms with Gasteiger partial charge in [0, 0.05) is 18.0 Å². The molecular formula is C12H22B4F6N2O2. The number of amides is 1. The van der Waals surface area contributed by atoms with Crippen LogP contribution in [0.3, 0.4) is 0 Å². The first-order chi connectivity index (χ1) is 11.3. The van der Waals surface area contributed by atoms with E-state index in [1.165, 1.54) is 0 Å². The summed E-state index contributed by atoms with van der Waals surface area (Å²) in [4.78, 5) is 15.2. The van der Waals surface area contributed by atoms with Gasteiger partial charge in [0.2, 0.25) is 0 Å². The summed E-state index contributed by atoms with van der Waals surface area (Å²) in [6.07, 6.45) is -17.2. The van der Waals surface area contributed by atoms with E-state index in [9.17, 15) is 31.1 Å². The highest BCUT2D eigenvalue weighted by atomic mass is 19.4. The number of alkyl halides is 6. The van der Waals surface area contributed by atoms with Crippen LogP contribution in [0.4, 0.5) is 31.1 Å². The van der Waals surface area contributed by atoms with Gasteiger partial charge in [-0.15, -0.1) is 0 Å². The molecule has 0 aromatic rings. The lowest BCUT2D eigenvalue weighted by atomic mass is 9.48. The standard InChI is InChI=1S/C12H22B4F6N2O2/c1-9(2,3)24-5(13)4-23(7(14)10(24,15)16)8(25)26-6(11(17,18)19)12(20,21)22/h5-7H,4,13-16H2,1-3H3. The minimum absolute atomic E-state index is 0.0386. The normalized spacial score (nSPS) is 25.4. The maximum atomic E-state index is 12.7. The average molecular weight is 384 g/mol. The van der Waals surface area contributed by atoms with E-state index in [0.29, 0.717) is 0 Å². The van der Waals surface area contributed by atoms with Gasteiger partial charge in [-0.2, -0.15) is 26.3 Å². The highest BCUT2D eigenvalue weighted by Crippen LogP contribution is 2.37. The summed E-state index contributed by atoms with van der Waals surface area (Å²) in [6.45, 7) is 5.82. The van der Waals surface area contributed by atoms with E-state index in [2.05, 4.69) is 9.64 Å². The maximum Gasteiger partial charge on any atom is 0.434 e. The Morgan fingerprint density at radius 2 is 1.50 bits per heavy atom. The number of piperazine rings is 1. The van der Waals surface area contributed by atoms with E-state index in [1.54, 1.807) is 31.4 Å². The highest BCUT2D eigenvalue weighted by molar-refractivity contribution is 6.44. The van der Waals surface area contributed by atoms with E-state index < -0.39 is 35.8 Å². The molecule has 0 radical (unpaired) electrons. The van der Waals surface area contributed by atoms with Crippen molar-refractivity contribution in [2.75, 3.05) is 6.54 Å². The molecule has 2 atom stereocenters. The van der Waals surface area contributed by atoms with Crippen molar-refractivity contribution < 1.29 is 35.9 Å². The molecule has 14 heteroatoms. The number of ether oxygens (including phenoxy) is 1. The summed E-state index contributed by atoms with van der Waals surface area (Å²) in [5.74, 6) is -0.948. The van der Waals surface area contributed by atoms with Gasteiger partial charge in [-0.3, -0.25) is 0 Å². The quantitative estimate of drug-likeness (QED) is 0.424. The fourth-order valence-corrected chi connectivity index (χ4v) is 3.92. The van der Waals surface area contributed by atoms with Gasteiger partial charge in [0.15, 0.2) is 0 Å². The summed E-state index contributed by atoms with van der Waals surface area (Å²) in [5, 5.41) is -0.694. The van der Waals surface area contributed by atoms with Crippen molar-refractivity contribution in [2.24, 2.45) is 0 Å². The van der Waals surface area contributed by atoms with Crippen molar-refractivity contribution in [2.45, 2.75) is 62.0 Å². The number of halogens is 6. The Morgan fingerprint density at radius 1 is 1.08 bits per heavy atom. The first-order valence-corrected chi connectivity index (χ1v) is 8.21. The molecule has 1 heterocycles. The van der Waals surface area contributed by atoms with Crippen LogP contribution in [0, 0.1) is 0 Å². The lowest BCUT2D eigenvalue weighted by Crippen LogP contribution is -2.77. The molecule has 0 bridgehead atoms. The molecule has 1 saturated heterocycles.